The van der Waals surface area contributed by atoms with E-state index in [1.54, 1.807) is 23.1 Å². The lowest BCUT2D eigenvalue weighted by Crippen LogP contribution is -2.13. The van der Waals surface area contributed by atoms with Crippen LogP contribution >= 0.6 is 0 Å². The number of hydrogen-bond donors (Lipinski definition) is 0. The average Bonchev–Trinajstić information content (AvgIpc) is 3.08. The van der Waals surface area contributed by atoms with Crippen LogP contribution in [0.3, 0.4) is 0 Å². The van der Waals surface area contributed by atoms with Gasteiger partial charge in [0.2, 0.25) is 0 Å². The molecule has 0 amide bonds. The first-order chi connectivity index (χ1) is 11.9. The minimum Gasteiger partial charge on any atom is -0.422 e. The molecule has 0 fully saturated rings. The third-order valence-electron chi connectivity index (χ3n) is 3.40. The van der Waals surface area contributed by atoms with Crippen molar-refractivity contribution in [3.05, 3.63) is 77.9 Å². The zero-order valence-corrected chi connectivity index (χ0v) is 12.8. The summed E-state index contributed by atoms with van der Waals surface area (Å²) in [6.07, 6.45) is -1.64. The molecule has 3 aromatic rings. The van der Waals surface area contributed by atoms with Crippen LogP contribution in [0, 0.1) is 0 Å². The van der Waals surface area contributed by atoms with Gasteiger partial charge < -0.3 is 4.74 Å². The van der Waals surface area contributed by atoms with E-state index in [2.05, 4.69) is 10.1 Å². The van der Waals surface area contributed by atoms with Crippen LogP contribution in [0.2, 0.25) is 0 Å². The molecule has 8 heteroatoms. The molecule has 3 rings (SSSR count). The molecule has 128 valence electrons. The maximum absolute atomic E-state index is 12.9. The van der Waals surface area contributed by atoms with Crippen molar-refractivity contribution in [2.75, 3.05) is 0 Å². The number of ether oxygens (including phenoxy) is 1. The summed E-state index contributed by atoms with van der Waals surface area (Å²) in [7, 11) is 0. The maximum atomic E-state index is 12.9. The SMILES string of the molecule is O=C(Oc1ccccc1C(F)(F)F)c1ccc(Cn2cncn2)cc1. The highest BCUT2D eigenvalue weighted by molar-refractivity contribution is 5.91. The van der Waals surface area contributed by atoms with Gasteiger partial charge in [-0.1, -0.05) is 24.3 Å². The van der Waals surface area contributed by atoms with Gasteiger partial charge >= 0.3 is 12.1 Å². The standard InChI is InChI=1S/C17H12F3N3O2/c18-17(19,20)14-3-1-2-4-15(14)25-16(24)13-7-5-12(6-8-13)9-23-11-21-10-22-23/h1-8,10-11H,9H2. The average molecular weight is 347 g/mol. The molecule has 0 spiro atoms. The van der Waals surface area contributed by atoms with Crippen molar-refractivity contribution in [2.45, 2.75) is 12.7 Å². The van der Waals surface area contributed by atoms with Crippen LogP contribution in [-0.4, -0.2) is 20.7 Å². The van der Waals surface area contributed by atoms with Gasteiger partial charge in [-0.05, 0) is 29.8 Å². The molecule has 0 N–H and O–H groups in total. The second kappa shape index (κ2) is 6.76. The number of carbonyl (C=O) groups is 1. The first-order valence-corrected chi connectivity index (χ1v) is 7.23. The number of para-hydroxylation sites is 1. The zero-order valence-electron chi connectivity index (χ0n) is 12.8. The fourth-order valence-corrected chi connectivity index (χ4v) is 2.20. The summed E-state index contributed by atoms with van der Waals surface area (Å²) in [5.41, 5.74) is 0.0169. The largest absolute Gasteiger partial charge is 0.422 e. The van der Waals surface area contributed by atoms with Crippen LogP contribution in [0.1, 0.15) is 21.5 Å². The summed E-state index contributed by atoms with van der Waals surface area (Å²) in [6, 6.07) is 10.9. The van der Waals surface area contributed by atoms with Crippen molar-refractivity contribution in [2.24, 2.45) is 0 Å². The van der Waals surface area contributed by atoms with Crippen molar-refractivity contribution in [1.82, 2.24) is 14.8 Å². The molecule has 0 saturated heterocycles. The second-order valence-corrected chi connectivity index (χ2v) is 5.17. The van der Waals surface area contributed by atoms with E-state index in [1.807, 2.05) is 0 Å². The minimum absolute atomic E-state index is 0.152. The van der Waals surface area contributed by atoms with E-state index in [0.717, 1.165) is 17.7 Å². The molecule has 0 aliphatic rings. The van der Waals surface area contributed by atoms with Crippen LogP contribution < -0.4 is 4.74 Å². The molecule has 1 aromatic heterocycles. The molecule has 1 heterocycles. The van der Waals surface area contributed by atoms with Gasteiger partial charge in [0.1, 0.15) is 18.4 Å². The van der Waals surface area contributed by atoms with Crippen LogP contribution in [0.4, 0.5) is 13.2 Å². The number of carbonyl (C=O) groups excluding carboxylic acids is 1. The molecule has 0 radical (unpaired) electrons. The number of aromatic nitrogens is 3. The number of hydrogen-bond acceptors (Lipinski definition) is 4. The topological polar surface area (TPSA) is 57.0 Å². The summed E-state index contributed by atoms with van der Waals surface area (Å²) >= 11 is 0. The van der Waals surface area contributed by atoms with Crippen molar-refractivity contribution < 1.29 is 22.7 Å². The van der Waals surface area contributed by atoms with Gasteiger partial charge in [0.15, 0.2) is 0 Å². The van der Waals surface area contributed by atoms with Crippen molar-refractivity contribution in [1.29, 1.82) is 0 Å². The summed E-state index contributed by atoms with van der Waals surface area (Å²) in [6.45, 7) is 0.465. The Balaban J connectivity index is 1.74. The number of halogens is 3. The van der Waals surface area contributed by atoms with Gasteiger partial charge in [-0.25, -0.2) is 14.5 Å². The lowest BCUT2D eigenvalue weighted by molar-refractivity contribution is -0.138. The Morgan fingerprint density at radius 2 is 1.80 bits per heavy atom. The molecular formula is C17H12F3N3O2. The fraction of sp³-hybridized carbons (Fsp3) is 0.118. The highest BCUT2D eigenvalue weighted by atomic mass is 19.4. The van der Waals surface area contributed by atoms with E-state index in [-0.39, 0.29) is 5.56 Å². The van der Waals surface area contributed by atoms with Crippen LogP contribution in [-0.2, 0) is 12.7 Å². The fourth-order valence-electron chi connectivity index (χ4n) is 2.20. The van der Waals surface area contributed by atoms with E-state index >= 15 is 0 Å². The molecule has 0 unspecified atom stereocenters. The molecule has 0 aliphatic heterocycles. The molecule has 0 bridgehead atoms. The van der Waals surface area contributed by atoms with E-state index in [4.69, 9.17) is 4.74 Å². The first-order valence-electron chi connectivity index (χ1n) is 7.23. The molecule has 5 nitrogen and oxygen atoms in total. The maximum Gasteiger partial charge on any atom is 0.419 e. The summed E-state index contributed by atoms with van der Waals surface area (Å²) < 4.78 is 45.3. The Hall–Kier alpha value is -3.16. The Morgan fingerprint density at radius 3 is 2.44 bits per heavy atom. The second-order valence-electron chi connectivity index (χ2n) is 5.17. The minimum atomic E-state index is -4.60. The highest BCUT2D eigenvalue weighted by Gasteiger charge is 2.34. The summed E-state index contributed by atoms with van der Waals surface area (Å²) in [5, 5.41) is 3.96. The Kier molecular flexibility index (Phi) is 4.51. The highest BCUT2D eigenvalue weighted by Crippen LogP contribution is 2.36. The molecule has 0 atom stereocenters. The smallest absolute Gasteiger partial charge is 0.419 e. The third kappa shape index (κ3) is 4.03. The van der Waals surface area contributed by atoms with E-state index < -0.39 is 23.5 Å². The summed E-state index contributed by atoms with van der Waals surface area (Å²) in [5.74, 6) is -1.38. The first kappa shape index (κ1) is 16.7. The van der Waals surface area contributed by atoms with Gasteiger partial charge in [-0.3, -0.25) is 0 Å². The van der Waals surface area contributed by atoms with E-state index in [9.17, 15) is 18.0 Å². The van der Waals surface area contributed by atoms with Crippen LogP contribution in [0.5, 0.6) is 5.75 Å². The van der Waals surface area contributed by atoms with Crippen LogP contribution in [0.15, 0.2) is 61.2 Å². The Labute approximate surface area is 140 Å². The summed E-state index contributed by atoms with van der Waals surface area (Å²) in [4.78, 5) is 15.9. The Morgan fingerprint density at radius 1 is 1.08 bits per heavy atom. The number of nitrogens with zero attached hydrogens (tertiary/aromatic N) is 3. The van der Waals surface area contributed by atoms with Gasteiger partial charge in [0.05, 0.1) is 17.7 Å². The molecule has 0 aliphatic carbocycles. The normalized spacial score (nSPS) is 11.3. The zero-order chi connectivity index (χ0) is 17.9. The number of benzene rings is 2. The Bertz CT molecular complexity index is 860. The molecular weight excluding hydrogens is 335 g/mol. The van der Waals surface area contributed by atoms with Crippen molar-refractivity contribution >= 4 is 5.97 Å². The van der Waals surface area contributed by atoms with Crippen molar-refractivity contribution in [3.63, 3.8) is 0 Å². The quantitative estimate of drug-likeness (QED) is 0.535. The monoisotopic (exact) mass is 347 g/mol. The molecule has 25 heavy (non-hydrogen) atoms. The third-order valence-corrected chi connectivity index (χ3v) is 3.40. The van der Waals surface area contributed by atoms with Gasteiger partial charge in [-0.2, -0.15) is 18.3 Å². The number of esters is 1. The number of alkyl halides is 3. The van der Waals surface area contributed by atoms with Gasteiger partial charge in [0.25, 0.3) is 0 Å². The van der Waals surface area contributed by atoms with E-state index in [1.165, 1.54) is 30.6 Å². The van der Waals surface area contributed by atoms with E-state index in [0.29, 0.717) is 6.54 Å². The lowest BCUT2D eigenvalue weighted by Gasteiger charge is -2.12. The van der Waals surface area contributed by atoms with Gasteiger partial charge in [0, 0.05) is 0 Å². The molecule has 0 saturated carbocycles. The van der Waals surface area contributed by atoms with Gasteiger partial charge in [-0.15, -0.1) is 0 Å². The lowest BCUT2D eigenvalue weighted by atomic mass is 10.1. The predicted octanol–water partition coefficient (Wildman–Crippen LogP) is 3.56. The van der Waals surface area contributed by atoms with Crippen LogP contribution in [0.25, 0.3) is 0 Å². The van der Waals surface area contributed by atoms with Crippen molar-refractivity contribution in [3.8, 4) is 5.75 Å². The predicted molar refractivity (Wildman–Crippen MR) is 82.0 cm³/mol. The number of rotatable bonds is 4. The molecule has 2 aromatic carbocycles.